The maximum atomic E-state index is 15.1. The molecule has 1 aliphatic carbocycles. The normalized spacial score (nSPS) is 17.8. The number of fused-ring (bicyclic) bond motifs is 1. The molecular formula is C26H21F7N6O2. The molecule has 0 unspecified atom stereocenters. The highest BCUT2D eigenvalue weighted by molar-refractivity contribution is 5.86. The number of aromatic nitrogens is 5. The Morgan fingerprint density at radius 2 is 1.80 bits per heavy atom. The third-order valence-corrected chi connectivity index (χ3v) is 7.05. The molecule has 0 radical (unpaired) electrons. The fraction of sp³-hybridized carbons (Fsp3) is 0.346. The van der Waals surface area contributed by atoms with Crippen LogP contribution in [0, 0.1) is 17.6 Å². The molecule has 3 heterocycles. The van der Waals surface area contributed by atoms with Gasteiger partial charge in [0.1, 0.15) is 5.56 Å². The summed E-state index contributed by atoms with van der Waals surface area (Å²) >= 11 is 0. The third kappa shape index (κ3) is 5.65. The maximum Gasteiger partial charge on any atom is 0.423 e. The highest BCUT2D eigenvalue weighted by Crippen LogP contribution is 2.34. The van der Waals surface area contributed by atoms with E-state index in [0.29, 0.717) is 25.7 Å². The van der Waals surface area contributed by atoms with Crippen LogP contribution in [0.1, 0.15) is 43.2 Å². The molecule has 8 nitrogen and oxygen atoms in total. The van der Waals surface area contributed by atoms with Crippen LogP contribution in [0.5, 0.6) is 0 Å². The molecule has 1 fully saturated rings. The van der Waals surface area contributed by atoms with Crippen LogP contribution in [0.15, 0.2) is 46.5 Å². The molecule has 0 amide bonds. The largest absolute Gasteiger partial charge is 0.423 e. The van der Waals surface area contributed by atoms with E-state index in [2.05, 4.69) is 20.4 Å². The number of H-pyrrole nitrogens is 1. The number of rotatable bonds is 6. The summed E-state index contributed by atoms with van der Waals surface area (Å²) in [7, 11) is 0. The topological polar surface area (TPSA) is 106 Å². The molecule has 41 heavy (non-hydrogen) atoms. The van der Waals surface area contributed by atoms with Gasteiger partial charge in [0.2, 0.25) is 0 Å². The lowest BCUT2D eigenvalue weighted by Crippen LogP contribution is -2.33. The average molecular weight is 582 g/mol. The molecule has 1 saturated carbocycles. The minimum Gasteiger partial charge on any atom is -0.380 e. The van der Waals surface area contributed by atoms with E-state index in [1.165, 1.54) is 16.8 Å². The summed E-state index contributed by atoms with van der Waals surface area (Å²) in [4.78, 5) is 32.3. The van der Waals surface area contributed by atoms with Gasteiger partial charge in [-0.3, -0.25) is 9.59 Å². The smallest absolute Gasteiger partial charge is 0.380 e. The van der Waals surface area contributed by atoms with Crippen LogP contribution in [0.2, 0.25) is 0 Å². The lowest BCUT2D eigenvalue weighted by atomic mass is 9.85. The third-order valence-electron chi connectivity index (χ3n) is 7.05. The number of hydrogen-bond donors (Lipinski definition) is 2. The number of anilines is 1. The first kappa shape index (κ1) is 28.2. The van der Waals surface area contributed by atoms with Crippen LogP contribution < -0.4 is 16.4 Å². The monoisotopic (exact) mass is 582 g/mol. The Labute approximate surface area is 226 Å². The van der Waals surface area contributed by atoms with Gasteiger partial charge in [-0.1, -0.05) is 6.42 Å². The summed E-state index contributed by atoms with van der Waals surface area (Å²) in [6.45, 7) is 0.0910. The van der Waals surface area contributed by atoms with Crippen LogP contribution in [0.25, 0.3) is 22.2 Å². The first-order valence-electron chi connectivity index (χ1n) is 12.5. The van der Waals surface area contributed by atoms with Gasteiger partial charge in [-0.25, -0.2) is 32.6 Å². The summed E-state index contributed by atoms with van der Waals surface area (Å²) in [5, 5.41) is 7.51. The van der Waals surface area contributed by atoms with E-state index in [1.54, 1.807) is 5.10 Å². The molecule has 4 aromatic rings. The molecule has 2 atom stereocenters. The zero-order valence-corrected chi connectivity index (χ0v) is 21.0. The van der Waals surface area contributed by atoms with E-state index in [-0.39, 0.29) is 23.7 Å². The van der Waals surface area contributed by atoms with Crippen molar-refractivity contribution < 1.29 is 30.7 Å². The summed E-state index contributed by atoms with van der Waals surface area (Å²) in [5.74, 6) is -3.38. The molecule has 15 heteroatoms. The van der Waals surface area contributed by atoms with Gasteiger partial charge in [-0.05, 0) is 42.7 Å². The van der Waals surface area contributed by atoms with Gasteiger partial charge in [0.15, 0.2) is 17.5 Å². The number of nitrogens with one attached hydrogen (secondary N) is 2. The number of benzene rings is 1. The molecule has 5 rings (SSSR count). The summed E-state index contributed by atoms with van der Waals surface area (Å²) in [5.41, 5.74) is -4.90. The van der Waals surface area contributed by atoms with Gasteiger partial charge >= 0.3 is 6.18 Å². The number of alkyl halides is 5. The summed E-state index contributed by atoms with van der Waals surface area (Å²) in [6, 6.07) is 2.10. The molecule has 0 saturated heterocycles. The molecule has 0 aliphatic heterocycles. The molecule has 3 aromatic heterocycles. The van der Waals surface area contributed by atoms with Crippen LogP contribution in [-0.2, 0) is 12.7 Å². The number of nitrogens with zero attached hydrogens (tertiary/aromatic N) is 4. The second-order valence-corrected chi connectivity index (χ2v) is 9.79. The van der Waals surface area contributed by atoms with E-state index in [1.807, 2.05) is 0 Å². The standard InChI is InChI=1S/C26H21F7N6O2/c27-20-16(23-34-8-14(9-35-23)22(29)30)7-13-4-5-39(25(41)18(13)21(20)28)11-12-2-1-3-15(6-12)37-17-10-36-38-24(40)19(17)26(31,32)33/h4-5,7-10,12,15,22H,1-3,6,11H2,(H2,37,38,40)/t12-,15+/m1/s1. The van der Waals surface area contributed by atoms with Gasteiger partial charge in [-0.15, -0.1) is 0 Å². The van der Waals surface area contributed by atoms with Crippen molar-refractivity contribution in [2.75, 3.05) is 5.32 Å². The van der Waals surface area contributed by atoms with E-state index in [4.69, 9.17) is 0 Å². The van der Waals surface area contributed by atoms with Crippen molar-refractivity contribution in [3.63, 3.8) is 0 Å². The molecule has 2 N–H and O–H groups in total. The van der Waals surface area contributed by atoms with Crippen molar-refractivity contribution in [1.82, 2.24) is 24.7 Å². The predicted molar refractivity (Wildman–Crippen MR) is 133 cm³/mol. The second kappa shape index (κ2) is 10.9. The summed E-state index contributed by atoms with van der Waals surface area (Å²) in [6.07, 6.45) is -1.75. The minimum atomic E-state index is -4.90. The van der Waals surface area contributed by atoms with E-state index >= 15 is 4.39 Å². The Morgan fingerprint density at radius 3 is 2.49 bits per heavy atom. The summed E-state index contributed by atoms with van der Waals surface area (Å²) < 4.78 is 97.1. The zero-order chi connectivity index (χ0) is 29.5. The van der Waals surface area contributed by atoms with Gasteiger partial charge in [0.05, 0.1) is 28.4 Å². The fourth-order valence-corrected chi connectivity index (χ4v) is 5.15. The van der Waals surface area contributed by atoms with Crippen LogP contribution >= 0.6 is 0 Å². The second-order valence-electron chi connectivity index (χ2n) is 9.79. The Morgan fingerprint density at radius 1 is 1.07 bits per heavy atom. The Bertz CT molecular complexity index is 1700. The van der Waals surface area contributed by atoms with Crippen molar-refractivity contribution in [3.05, 3.63) is 80.4 Å². The molecule has 0 bridgehead atoms. The van der Waals surface area contributed by atoms with Gasteiger partial charge in [0.25, 0.3) is 17.5 Å². The first-order chi connectivity index (χ1) is 19.4. The Balaban J connectivity index is 1.38. The van der Waals surface area contributed by atoms with Gasteiger partial charge in [-0.2, -0.15) is 18.3 Å². The Hall–Kier alpha value is -4.30. The van der Waals surface area contributed by atoms with Crippen molar-refractivity contribution in [2.24, 2.45) is 5.92 Å². The SMILES string of the molecule is O=c1[nH]ncc(N[C@H]2CCC[C@@H](Cn3ccc4cc(-c5ncc(C(F)F)cn5)c(F)c(F)c4c3=O)C2)c1C(F)(F)F. The highest BCUT2D eigenvalue weighted by atomic mass is 19.4. The molecule has 1 aliphatic rings. The van der Waals surface area contributed by atoms with Crippen molar-refractivity contribution in [2.45, 2.75) is 50.9 Å². The van der Waals surface area contributed by atoms with E-state index < -0.39 is 69.2 Å². The average Bonchev–Trinajstić information content (AvgIpc) is 2.91. The zero-order valence-electron chi connectivity index (χ0n) is 21.0. The number of pyridine rings is 1. The lowest BCUT2D eigenvalue weighted by Gasteiger charge is -2.31. The first-order valence-corrected chi connectivity index (χ1v) is 12.5. The predicted octanol–water partition coefficient (Wildman–Crippen LogP) is 5.45. The molecule has 0 spiro atoms. The van der Waals surface area contributed by atoms with Crippen molar-refractivity contribution in [3.8, 4) is 11.4 Å². The molecule has 1 aromatic carbocycles. The number of halogens is 7. The maximum absolute atomic E-state index is 15.1. The lowest BCUT2D eigenvalue weighted by molar-refractivity contribution is -0.138. The van der Waals surface area contributed by atoms with E-state index in [0.717, 1.165) is 24.7 Å². The van der Waals surface area contributed by atoms with Crippen LogP contribution in [0.3, 0.4) is 0 Å². The number of aromatic amines is 1. The van der Waals surface area contributed by atoms with Crippen molar-refractivity contribution in [1.29, 1.82) is 0 Å². The van der Waals surface area contributed by atoms with Gasteiger partial charge in [0, 0.05) is 31.2 Å². The molecular weight excluding hydrogens is 561 g/mol. The molecule has 216 valence electrons. The van der Waals surface area contributed by atoms with Crippen LogP contribution in [-0.4, -0.2) is 30.8 Å². The van der Waals surface area contributed by atoms with E-state index in [9.17, 15) is 35.9 Å². The number of hydrogen-bond acceptors (Lipinski definition) is 6. The van der Waals surface area contributed by atoms with Crippen LogP contribution in [0.4, 0.5) is 36.4 Å². The quantitative estimate of drug-likeness (QED) is 0.293. The fourth-order valence-electron chi connectivity index (χ4n) is 5.15. The van der Waals surface area contributed by atoms with Crippen molar-refractivity contribution >= 4 is 16.5 Å². The minimum absolute atomic E-state index is 0.0475. The highest BCUT2D eigenvalue weighted by Gasteiger charge is 2.38. The van der Waals surface area contributed by atoms with Gasteiger partial charge < -0.3 is 9.88 Å². The Kier molecular flexibility index (Phi) is 7.53.